The number of aliphatic hydroxyl groups is 1. The van der Waals surface area contributed by atoms with Crippen LogP contribution in [0.25, 0.3) is 0 Å². The molecule has 0 bridgehead atoms. The lowest BCUT2D eigenvalue weighted by Gasteiger charge is -2.21. The number of amides is 1. The van der Waals surface area contributed by atoms with Gasteiger partial charge >= 0.3 is 0 Å². The van der Waals surface area contributed by atoms with Gasteiger partial charge in [-0.15, -0.1) is 0 Å². The number of carbonyl (C=O) groups is 1. The van der Waals surface area contributed by atoms with E-state index in [4.69, 9.17) is 5.11 Å². The van der Waals surface area contributed by atoms with Gasteiger partial charge in [-0.2, -0.15) is 0 Å². The summed E-state index contributed by atoms with van der Waals surface area (Å²) in [6.07, 6.45) is -1.30. The number of nitrogens with zero attached hydrogens (tertiary/aromatic N) is 2. The van der Waals surface area contributed by atoms with Gasteiger partial charge in [0.2, 0.25) is 0 Å². The zero-order valence-corrected chi connectivity index (χ0v) is 9.84. The van der Waals surface area contributed by atoms with Crippen LogP contribution in [0.4, 0.5) is 8.78 Å². The molecule has 1 heterocycles. The normalized spacial score (nSPS) is 10.7. The minimum atomic E-state index is -2.69. The van der Waals surface area contributed by atoms with Gasteiger partial charge in [0.1, 0.15) is 0 Å². The van der Waals surface area contributed by atoms with Crippen LogP contribution in [0.15, 0.2) is 23.1 Å². The van der Waals surface area contributed by atoms with E-state index in [1.165, 1.54) is 23.9 Å². The maximum absolute atomic E-state index is 12.3. The molecule has 1 aromatic heterocycles. The van der Waals surface area contributed by atoms with Crippen LogP contribution in [0.3, 0.4) is 0 Å². The van der Waals surface area contributed by atoms with E-state index in [2.05, 4.69) is 0 Å². The molecule has 0 unspecified atom stereocenters. The molecule has 0 fully saturated rings. The molecule has 1 aromatic rings. The van der Waals surface area contributed by atoms with Crippen molar-refractivity contribution in [3.63, 3.8) is 0 Å². The lowest BCUT2D eigenvalue weighted by molar-refractivity contribution is 0.0509. The zero-order valence-electron chi connectivity index (χ0n) is 9.84. The van der Waals surface area contributed by atoms with E-state index < -0.39 is 31.0 Å². The average Bonchev–Trinajstić information content (AvgIpc) is 2.31. The monoisotopic (exact) mass is 260 g/mol. The summed E-state index contributed by atoms with van der Waals surface area (Å²) in [5.41, 5.74) is -0.367. The first kappa shape index (κ1) is 14.3. The highest BCUT2D eigenvalue weighted by atomic mass is 19.3. The SMILES string of the molecule is Cn1ccc(C(=O)N(CCO)CC(F)F)cc1=O. The van der Waals surface area contributed by atoms with Gasteiger partial charge in [-0.1, -0.05) is 0 Å². The Morgan fingerprint density at radius 2 is 2.22 bits per heavy atom. The topological polar surface area (TPSA) is 62.5 Å². The molecule has 0 aliphatic rings. The molecule has 18 heavy (non-hydrogen) atoms. The maximum Gasteiger partial charge on any atom is 0.255 e. The first-order valence-corrected chi connectivity index (χ1v) is 5.30. The summed E-state index contributed by atoms with van der Waals surface area (Å²) in [5.74, 6) is -0.693. The highest BCUT2D eigenvalue weighted by Crippen LogP contribution is 2.05. The van der Waals surface area contributed by atoms with Crippen molar-refractivity contribution in [1.82, 2.24) is 9.47 Å². The summed E-state index contributed by atoms with van der Waals surface area (Å²) >= 11 is 0. The molecule has 0 aromatic carbocycles. The van der Waals surface area contributed by atoms with Crippen molar-refractivity contribution >= 4 is 5.91 Å². The van der Waals surface area contributed by atoms with Gasteiger partial charge in [0.15, 0.2) is 0 Å². The zero-order chi connectivity index (χ0) is 13.7. The molecule has 0 radical (unpaired) electrons. The molecule has 1 N–H and O–H groups in total. The average molecular weight is 260 g/mol. The second-order valence-electron chi connectivity index (χ2n) is 3.73. The van der Waals surface area contributed by atoms with Crippen molar-refractivity contribution in [3.8, 4) is 0 Å². The van der Waals surface area contributed by atoms with Crippen LogP contribution in [-0.2, 0) is 7.05 Å². The number of aryl methyl sites for hydroxylation is 1. The van der Waals surface area contributed by atoms with E-state index in [1.54, 1.807) is 0 Å². The van der Waals surface area contributed by atoms with Crippen molar-refractivity contribution in [2.24, 2.45) is 7.05 Å². The maximum atomic E-state index is 12.3. The van der Waals surface area contributed by atoms with Crippen LogP contribution >= 0.6 is 0 Å². The predicted octanol–water partition coefficient (Wildman–Crippen LogP) is 0.0849. The van der Waals surface area contributed by atoms with Crippen LogP contribution in [0.1, 0.15) is 10.4 Å². The van der Waals surface area contributed by atoms with Crippen LogP contribution in [0.2, 0.25) is 0 Å². The molecule has 0 aliphatic heterocycles. The second kappa shape index (κ2) is 6.25. The largest absolute Gasteiger partial charge is 0.395 e. The number of carbonyl (C=O) groups excluding carboxylic acids is 1. The van der Waals surface area contributed by atoms with Gasteiger partial charge < -0.3 is 14.6 Å². The number of aromatic nitrogens is 1. The lowest BCUT2D eigenvalue weighted by atomic mass is 10.2. The molecule has 5 nitrogen and oxygen atoms in total. The molecular weight excluding hydrogens is 246 g/mol. The minimum absolute atomic E-state index is 0.0344. The number of hydrogen-bond donors (Lipinski definition) is 1. The summed E-state index contributed by atoms with van der Waals surface area (Å²) in [6, 6.07) is 2.46. The van der Waals surface area contributed by atoms with Crippen LogP contribution < -0.4 is 5.56 Å². The first-order chi connectivity index (χ1) is 8.45. The number of pyridine rings is 1. The molecule has 100 valence electrons. The number of halogens is 2. The van der Waals surface area contributed by atoms with Gasteiger partial charge in [-0.05, 0) is 6.07 Å². The van der Waals surface area contributed by atoms with Gasteiger partial charge in [0, 0.05) is 31.4 Å². The van der Waals surface area contributed by atoms with E-state index in [9.17, 15) is 18.4 Å². The Bertz CT molecular complexity index is 474. The predicted molar refractivity (Wildman–Crippen MR) is 60.7 cm³/mol. The standard InChI is InChI=1S/C11H14F2N2O3/c1-14-3-2-8(6-10(14)17)11(18)15(4-5-16)7-9(12)13/h2-3,6,9,16H,4-5,7H2,1H3. The number of aliphatic hydroxyl groups excluding tert-OH is 1. The molecule has 0 saturated heterocycles. The summed E-state index contributed by atoms with van der Waals surface area (Å²) in [6.45, 7) is -1.38. The summed E-state index contributed by atoms with van der Waals surface area (Å²) in [5, 5.41) is 8.74. The van der Waals surface area contributed by atoms with E-state index >= 15 is 0 Å². The number of hydrogen-bond acceptors (Lipinski definition) is 3. The van der Waals surface area contributed by atoms with Gasteiger partial charge in [-0.25, -0.2) is 8.78 Å². The van der Waals surface area contributed by atoms with Crippen molar-refractivity contribution in [2.45, 2.75) is 6.43 Å². The fourth-order valence-electron chi connectivity index (χ4n) is 1.43. The van der Waals surface area contributed by atoms with Crippen LogP contribution in [0, 0.1) is 0 Å². The molecule has 1 amide bonds. The van der Waals surface area contributed by atoms with E-state index in [1.807, 2.05) is 0 Å². The fourth-order valence-corrected chi connectivity index (χ4v) is 1.43. The Balaban J connectivity index is 2.94. The highest BCUT2D eigenvalue weighted by Gasteiger charge is 2.19. The first-order valence-electron chi connectivity index (χ1n) is 5.30. The van der Waals surface area contributed by atoms with Crippen molar-refractivity contribution in [3.05, 3.63) is 34.2 Å². The van der Waals surface area contributed by atoms with Crippen LogP contribution in [-0.4, -0.2) is 46.6 Å². The van der Waals surface area contributed by atoms with E-state index in [0.29, 0.717) is 0 Å². The summed E-state index contributed by atoms with van der Waals surface area (Å²) < 4.78 is 25.8. The third-order valence-electron chi connectivity index (χ3n) is 2.37. The lowest BCUT2D eigenvalue weighted by Crippen LogP contribution is -2.37. The van der Waals surface area contributed by atoms with Gasteiger partial charge in [0.05, 0.1) is 13.2 Å². The Morgan fingerprint density at radius 1 is 1.56 bits per heavy atom. The van der Waals surface area contributed by atoms with E-state index in [0.717, 1.165) is 11.0 Å². The number of alkyl halides is 2. The summed E-state index contributed by atoms with van der Waals surface area (Å²) in [7, 11) is 1.52. The van der Waals surface area contributed by atoms with Gasteiger partial charge in [0.25, 0.3) is 17.9 Å². The molecule has 0 aliphatic carbocycles. The summed E-state index contributed by atoms with van der Waals surface area (Å²) in [4.78, 5) is 24.0. The molecule has 7 heteroatoms. The molecule has 0 spiro atoms. The smallest absolute Gasteiger partial charge is 0.255 e. The Kier molecular flexibility index (Phi) is 4.96. The number of rotatable bonds is 5. The second-order valence-corrected chi connectivity index (χ2v) is 3.73. The Labute approximate surface area is 102 Å². The molecule has 1 rings (SSSR count). The van der Waals surface area contributed by atoms with Crippen molar-refractivity contribution in [2.75, 3.05) is 19.7 Å². The minimum Gasteiger partial charge on any atom is -0.395 e. The molecule has 0 saturated carbocycles. The van der Waals surface area contributed by atoms with Crippen molar-refractivity contribution < 1.29 is 18.7 Å². The Morgan fingerprint density at radius 3 is 2.72 bits per heavy atom. The van der Waals surface area contributed by atoms with E-state index in [-0.39, 0.29) is 12.1 Å². The quantitative estimate of drug-likeness (QED) is 0.815. The van der Waals surface area contributed by atoms with Gasteiger partial charge in [-0.3, -0.25) is 9.59 Å². The highest BCUT2D eigenvalue weighted by molar-refractivity contribution is 5.94. The van der Waals surface area contributed by atoms with Crippen molar-refractivity contribution in [1.29, 1.82) is 0 Å². The molecule has 0 atom stereocenters. The third kappa shape index (κ3) is 3.63. The Hall–Kier alpha value is -1.76. The third-order valence-corrected chi connectivity index (χ3v) is 2.37. The van der Waals surface area contributed by atoms with Crippen LogP contribution in [0.5, 0.6) is 0 Å². The fraction of sp³-hybridized carbons (Fsp3) is 0.455. The molecular formula is C11H14F2N2O3.